The average Bonchev–Trinajstić information content (AvgIpc) is 3.08. The lowest BCUT2D eigenvalue weighted by molar-refractivity contribution is -0.135. The maximum atomic E-state index is 13.0. The Kier molecular flexibility index (Phi) is 6.22. The van der Waals surface area contributed by atoms with Gasteiger partial charge in [0.25, 0.3) is 10.0 Å². The first-order chi connectivity index (χ1) is 15.3. The highest BCUT2D eigenvalue weighted by Crippen LogP contribution is 2.29. The molecule has 170 valence electrons. The molecule has 1 fully saturated rings. The Morgan fingerprint density at radius 1 is 1.19 bits per heavy atom. The lowest BCUT2D eigenvalue weighted by Crippen LogP contribution is -2.43. The molecule has 0 bridgehead atoms. The molecule has 1 saturated heterocycles. The fourth-order valence-electron chi connectivity index (χ4n) is 3.52. The number of aromatic nitrogens is 1. The Labute approximate surface area is 189 Å². The first-order valence-corrected chi connectivity index (χ1v) is 12.2. The molecule has 1 amide bonds. The minimum Gasteiger partial charge on any atom is -0.495 e. The predicted octanol–water partition coefficient (Wildman–Crippen LogP) is 2.04. The standard InChI is InChI=1S/C21H23N3O6S2/c1-14-3-6-18(29-2)16(11-14)22-32(27,28)15-4-5-17-19(12-15)31-21(26)24(17)13-20(25)23-7-9-30-10-8-23/h3-6,11-12,22H,7-10,13H2,1-2H3. The molecule has 1 aliphatic rings. The van der Waals surface area contributed by atoms with Crippen molar-refractivity contribution in [1.82, 2.24) is 9.47 Å². The minimum atomic E-state index is -3.92. The molecule has 0 radical (unpaired) electrons. The van der Waals surface area contributed by atoms with Crippen molar-refractivity contribution >= 4 is 43.2 Å². The van der Waals surface area contributed by atoms with Crippen molar-refractivity contribution < 1.29 is 22.7 Å². The smallest absolute Gasteiger partial charge is 0.308 e. The van der Waals surface area contributed by atoms with Crippen LogP contribution in [0.25, 0.3) is 10.2 Å². The molecule has 1 N–H and O–H groups in total. The highest BCUT2D eigenvalue weighted by atomic mass is 32.2. The zero-order valence-corrected chi connectivity index (χ0v) is 19.3. The number of morpholine rings is 1. The van der Waals surface area contributed by atoms with E-state index in [-0.39, 0.29) is 22.2 Å². The maximum Gasteiger partial charge on any atom is 0.308 e. The SMILES string of the molecule is COc1ccc(C)cc1NS(=O)(=O)c1ccc2c(c1)sc(=O)n2CC(=O)N1CCOCC1. The normalized spacial score (nSPS) is 14.5. The maximum absolute atomic E-state index is 13.0. The van der Waals surface area contributed by atoms with Crippen LogP contribution in [-0.2, 0) is 26.1 Å². The number of aryl methyl sites for hydroxylation is 1. The van der Waals surface area contributed by atoms with Gasteiger partial charge in [0.15, 0.2) is 0 Å². The van der Waals surface area contributed by atoms with Crippen LogP contribution in [-0.4, -0.2) is 57.2 Å². The molecule has 2 aromatic carbocycles. The Morgan fingerprint density at radius 2 is 1.94 bits per heavy atom. The van der Waals surface area contributed by atoms with Gasteiger partial charge >= 0.3 is 4.87 Å². The molecule has 9 nitrogen and oxygen atoms in total. The van der Waals surface area contributed by atoms with E-state index in [9.17, 15) is 18.0 Å². The summed E-state index contributed by atoms with van der Waals surface area (Å²) in [6.45, 7) is 3.69. The second-order valence-electron chi connectivity index (χ2n) is 7.39. The zero-order valence-electron chi connectivity index (χ0n) is 17.7. The summed E-state index contributed by atoms with van der Waals surface area (Å²) in [5.41, 5.74) is 1.72. The molecule has 0 spiro atoms. The molecule has 0 saturated carbocycles. The van der Waals surface area contributed by atoms with Gasteiger partial charge in [0.2, 0.25) is 5.91 Å². The van der Waals surface area contributed by atoms with Crippen molar-refractivity contribution in [3.8, 4) is 5.75 Å². The van der Waals surface area contributed by atoms with Crippen molar-refractivity contribution in [2.45, 2.75) is 18.4 Å². The molecule has 4 rings (SSSR count). The van der Waals surface area contributed by atoms with Gasteiger partial charge in [-0.1, -0.05) is 17.4 Å². The van der Waals surface area contributed by atoms with E-state index in [0.29, 0.717) is 48.0 Å². The Hall–Kier alpha value is -2.89. The summed E-state index contributed by atoms with van der Waals surface area (Å²) in [7, 11) is -2.46. The zero-order chi connectivity index (χ0) is 22.9. The third kappa shape index (κ3) is 4.50. The van der Waals surface area contributed by atoms with Crippen molar-refractivity contribution in [2.24, 2.45) is 0 Å². The van der Waals surface area contributed by atoms with Gasteiger partial charge < -0.3 is 14.4 Å². The van der Waals surface area contributed by atoms with Crippen LogP contribution in [0, 0.1) is 6.92 Å². The predicted molar refractivity (Wildman–Crippen MR) is 122 cm³/mol. The summed E-state index contributed by atoms with van der Waals surface area (Å²) in [6, 6.07) is 9.62. The summed E-state index contributed by atoms with van der Waals surface area (Å²) in [5.74, 6) is 0.234. The summed E-state index contributed by atoms with van der Waals surface area (Å²) < 4.78 is 40.9. The van der Waals surface area contributed by atoms with Crippen molar-refractivity contribution in [3.05, 3.63) is 51.6 Å². The fraction of sp³-hybridized carbons (Fsp3) is 0.333. The van der Waals surface area contributed by atoms with Crippen LogP contribution in [0.3, 0.4) is 0 Å². The Balaban J connectivity index is 1.62. The van der Waals surface area contributed by atoms with Crippen LogP contribution in [0.4, 0.5) is 5.69 Å². The molecule has 11 heteroatoms. The van der Waals surface area contributed by atoms with Crippen LogP contribution in [0.1, 0.15) is 5.56 Å². The molecule has 2 heterocycles. The number of amides is 1. The lowest BCUT2D eigenvalue weighted by atomic mass is 10.2. The van der Waals surface area contributed by atoms with Gasteiger partial charge in [0.05, 0.1) is 41.1 Å². The van der Waals surface area contributed by atoms with Gasteiger partial charge in [-0.25, -0.2) is 8.42 Å². The molecular weight excluding hydrogens is 454 g/mol. The van der Waals surface area contributed by atoms with Crippen LogP contribution < -0.4 is 14.3 Å². The van der Waals surface area contributed by atoms with Crippen LogP contribution in [0.5, 0.6) is 5.75 Å². The monoisotopic (exact) mass is 477 g/mol. The van der Waals surface area contributed by atoms with E-state index in [1.165, 1.54) is 23.8 Å². The topological polar surface area (TPSA) is 107 Å². The number of nitrogens with one attached hydrogen (secondary N) is 1. The van der Waals surface area contributed by atoms with E-state index in [1.54, 1.807) is 23.1 Å². The largest absolute Gasteiger partial charge is 0.495 e. The highest BCUT2D eigenvalue weighted by Gasteiger charge is 2.22. The number of sulfonamides is 1. The number of rotatable bonds is 6. The summed E-state index contributed by atoms with van der Waals surface area (Å²) >= 11 is 0.909. The molecular formula is C21H23N3O6S2. The number of ether oxygens (including phenoxy) is 2. The first kappa shape index (κ1) is 22.3. The third-order valence-corrected chi connectivity index (χ3v) is 7.51. The Bertz CT molecular complexity index is 1320. The van der Waals surface area contributed by atoms with E-state index >= 15 is 0 Å². The van der Waals surface area contributed by atoms with Crippen molar-refractivity contribution in [3.63, 3.8) is 0 Å². The first-order valence-electron chi connectivity index (χ1n) is 9.95. The summed E-state index contributed by atoms with van der Waals surface area (Å²) in [6.07, 6.45) is 0. The van der Waals surface area contributed by atoms with E-state index < -0.39 is 10.0 Å². The van der Waals surface area contributed by atoms with E-state index in [1.807, 2.05) is 13.0 Å². The molecule has 0 atom stereocenters. The molecule has 1 aliphatic heterocycles. The summed E-state index contributed by atoms with van der Waals surface area (Å²) in [4.78, 5) is 26.5. The quantitative estimate of drug-likeness (QED) is 0.582. The van der Waals surface area contributed by atoms with Crippen LogP contribution in [0.2, 0.25) is 0 Å². The number of benzene rings is 2. The van der Waals surface area contributed by atoms with Crippen molar-refractivity contribution in [2.75, 3.05) is 38.1 Å². The van der Waals surface area contributed by atoms with Gasteiger partial charge in [-0.05, 0) is 42.8 Å². The molecule has 0 unspecified atom stereocenters. The molecule has 0 aliphatic carbocycles. The second kappa shape index (κ2) is 8.93. The number of carbonyl (C=O) groups excluding carboxylic acids is 1. The molecule has 32 heavy (non-hydrogen) atoms. The highest BCUT2D eigenvalue weighted by molar-refractivity contribution is 7.92. The lowest BCUT2D eigenvalue weighted by Gasteiger charge is -2.26. The van der Waals surface area contributed by atoms with Crippen LogP contribution in [0.15, 0.2) is 46.1 Å². The number of hydrogen-bond donors (Lipinski definition) is 1. The van der Waals surface area contributed by atoms with Gasteiger partial charge in [-0.2, -0.15) is 0 Å². The number of carbonyl (C=O) groups is 1. The fourth-order valence-corrected chi connectivity index (χ4v) is 5.61. The second-order valence-corrected chi connectivity index (χ2v) is 10.1. The number of nitrogens with zero attached hydrogens (tertiary/aromatic N) is 2. The van der Waals surface area contributed by atoms with Crippen LogP contribution >= 0.6 is 11.3 Å². The molecule has 1 aromatic heterocycles. The van der Waals surface area contributed by atoms with E-state index in [0.717, 1.165) is 16.9 Å². The number of fused-ring (bicyclic) bond motifs is 1. The van der Waals surface area contributed by atoms with Crippen molar-refractivity contribution in [1.29, 1.82) is 0 Å². The van der Waals surface area contributed by atoms with Gasteiger partial charge in [0, 0.05) is 13.1 Å². The van der Waals surface area contributed by atoms with Gasteiger partial charge in [-0.15, -0.1) is 0 Å². The Morgan fingerprint density at radius 3 is 2.66 bits per heavy atom. The third-order valence-electron chi connectivity index (χ3n) is 5.21. The number of thiazole rings is 1. The van der Waals surface area contributed by atoms with E-state index in [2.05, 4.69) is 4.72 Å². The number of hydrogen-bond acceptors (Lipinski definition) is 7. The van der Waals surface area contributed by atoms with E-state index in [4.69, 9.17) is 9.47 Å². The molecule has 3 aromatic rings. The average molecular weight is 478 g/mol. The van der Waals surface area contributed by atoms with Gasteiger partial charge in [0.1, 0.15) is 12.3 Å². The minimum absolute atomic E-state index is 0.0152. The number of methoxy groups -OCH3 is 1. The summed E-state index contributed by atoms with van der Waals surface area (Å²) in [5, 5.41) is 0. The number of anilines is 1. The van der Waals surface area contributed by atoms with Gasteiger partial charge in [-0.3, -0.25) is 18.9 Å².